The predicted molar refractivity (Wildman–Crippen MR) is 107 cm³/mol. The van der Waals surface area contributed by atoms with Crippen LogP contribution < -0.4 is 5.32 Å². The van der Waals surface area contributed by atoms with Gasteiger partial charge >= 0.3 is 0 Å². The number of hydrogen-bond donors (Lipinski definition) is 2. The maximum Gasteiger partial charge on any atom is 0.268 e. The molecule has 2 N–H and O–H groups in total. The lowest BCUT2D eigenvalue weighted by molar-refractivity contribution is 0.0908. The molecule has 28 heavy (non-hydrogen) atoms. The molecule has 2 aromatic heterocycles. The van der Waals surface area contributed by atoms with Crippen LogP contribution in [-0.2, 0) is 6.42 Å². The second-order valence-electron chi connectivity index (χ2n) is 8.90. The van der Waals surface area contributed by atoms with Crippen LogP contribution in [0.4, 0.5) is 0 Å². The minimum atomic E-state index is -0.159. The summed E-state index contributed by atoms with van der Waals surface area (Å²) in [5.41, 5.74) is 2.81. The molecule has 150 valence electrons. The lowest BCUT2D eigenvalue weighted by Gasteiger charge is -2.28. The molecule has 0 aromatic carbocycles. The molecule has 1 aliphatic carbocycles. The summed E-state index contributed by atoms with van der Waals surface area (Å²) in [5, 5.41) is 3.07. The van der Waals surface area contributed by atoms with E-state index in [0.717, 1.165) is 36.5 Å². The van der Waals surface area contributed by atoms with E-state index in [9.17, 15) is 9.59 Å². The van der Waals surface area contributed by atoms with Crippen molar-refractivity contribution in [1.82, 2.24) is 15.2 Å². The van der Waals surface area contributed by atoms with Crippen LogP contribution in [0.15, 0.2) is 22.8 Å². The van der Waals surface area contributed by atoms with Crippen LogP contribution in [0.25, 0.3) is 0 Å². The number of carbonyl (C=O) groups is 2. The molecule has 4 rings (SSSR count). The number of aromatic amines is 1. The summed E-state index contributed by atoms with van der Waals surface area (Å²) in [6.07, 6.45) is 5.33. The van der Waals surface area contributed by atoms with Gasteiger partial charge in [0.2, 0.25) is 0 Å². The summed E-state index contributed by atoms with van der Waals surface area (Å²) >= 11 is 0. The Balaban J connectivity index is 1.52. The average molecular weight is 383 g/mol. The Kier molecular flexibility index (Phi) is 4.91. The number of Topliss-reactive ketones (excluding diaryl/α,β-unsaturated/α-hetero) is 1. The molecule has 2 aromatic rings. The number of hydrogen-bond acceptors (Lipinski definition) is 4. The molecule has 3 heterocycles. The highest BCUT2D eigenvalue weighted by Gasteiger charge is 2.35. The Labute approximate surface area is 165 Å². The van der Waals surface area contributed by atoms with Crippen molar-refractivity contribution in [2.24, 2.45) is 5.41 Å². The number of furan rings is 1. The first-order valence-corrected chi connectivity index (χ1v) is 10.2. The van der Waals surface area contributed by atoms with Crippen LogP contribution in [0.5, 0.6) is 0 Å². The monoisotopic (exact) mass is 383 g/mol. The SMILES string of the molecule is Cc1c(C(=O)NCC(c2ccco2)N2CCCC2)[nH]c2c1C(=O)CC(C)(C)C2. The molecule has 0 radical (unpaired) electrons. The lowest BCUT2D eigenvalue weighted by Crippen LogP contribution is -2.37. The number of ketones is 1. The molecule has 0 spiro atoms. The zero-order valence-corrected chi connectivity index (χ0v) is 16.9. The van der Waals surface area contributed by atoms with E-state index in [-0.39, 0.29) is 23.1 Å². The lowest BCUT2D eigenvalue weighted by atomic mass is 9.75. The number of rotatable bonds is 5. The normalized spacial score (nSPS) is 20.2. The van der Waals surface area contributed by atoms with Gasteiger partial charge in [-0.3, -0.25) is 14.5 Å². The van der Waals surface area contributed by atoms with E-state index in [1.54, 1.807) is 6.26 Å². The van der Waals surface area contributed by atoms with Gasteiger partial charge in [-0.15, -0.1) is 0 Å². The van der Waals surface area contributed by atoms with Crippen LogP contribution in [-0.4, -0.2) is 41.2 Å². The van der Waals surface area contributed by atoms with Crippen molar-refractivity contribution < 1.29 is 14.0 Å². The van der Waals surface area contributed by atoms with Gasteiger partial charge in [0.05, 0.1) is 12.3 Å². The van der Waals surface area contributed by atoms with Gasteiger partial charge in [-0.25, -0.2) is 0 Å². The molecular formula is C22H29N3O3. The Bertz CT molecular complexity index is 873. The number of amides is 1. The second-order valence-corrected chi connectivity index (χ2v) is 8.90. The Morgan fingerprint density at radius 3 is 2.75 bits per heavy atom. The fraction of sp³-hybridized carbons (Fsp3) is 0.545. The van der Waals surface area contributed by atoms with Crippen molar-refractivity contribution in [2.45, 2.75) is 52.5 Å². The highest BCUT2D eigenvalue weighted by Crippen LogP contribution is 2.36. The molecule has 6 nitrogen and oxygen atoms in total. The van der Waals surface area contributed by atoms with Crippen molar-refractivity contribution in [1.29, 1.82) is 0 Å². The summed E-state index contributed by atoms with van der Waals surface area (Å²) in [6, 6.07) is 3.89. The third-order valence-corrected chi connectivity index (χ3v) is 6.04. The molecule has 0 saturated carbocycles. The van der Waals surface area contributed by atoms with Crippen molar-refractivity contribution in [3.8, 4) is 0 Å². The van der Waals surface area contributed by atoms with Crippen LogP contribution in [0.2, 0.25) is 0 Å². The highest BCUT2D eigenvalue weighted by atomic mass is 16.3. The van der Waals surface area contributed by atoms with Crippen LogP contribution in [0.3, 0.4) is 0 Å². The van der Waals surface area contributed by atoms with Gasteiger partial charge in [-0.1, -0.05) is 13.8 Å². The Morgan fingerprint density at radius 2 is 2.07 bits per heavy atom. The average Bonchev–Trinajstić information content (AvgIpc) is 3.35. The standard InChI is InChI=1S/C22H29N3O3/c1-14-19-15(11-22(2,3)12-17(19)26)24-20(14)21(27)23-13-16(18-7-6-10-28-18)25-8-4-5-9-25/h6-7,10,16,24H,4-5,8-9,11-13H2,1-3H3,(H,23,27). The first kappa shape index (κ1) is 19.0. The number of carbonyl (C=O) groups excluding carboxylic acids is 2. The highest BCUT2D eigenvalue weighted by molar-refractivity contribution is 6.04. The van der Waals surface area contributed by atoms with Crippen molar-refractivity contribution in [2.75, 3.05) is 19.6 Å². The number of nitrogens with zero attached hydrogens (tertiary/aromatic N) is 1. The van der Waals surface area contributed by atoms with E-state index in [1.807, 2.05) is 19.1 Å². The number of fused-ring (bicyclic) bond motifs is 1. The van der Waals surface area contributed by atoms with Gasteiger partial charge in [-0.2, -0.15) is 0 Å². The van der Waals surface area contributed by atoms with E-state index in [2.05, 4.69) is 29.0 Å². The van der Waals surface area contributed by atoms with Crippen molar-refractivity contribution in [3.05, 3.63) is 46.7 Å². The summed E-state index contributed by atoms with van der Waals surface area (Å²) in [5.74, 6) is 0.847. The first-order chi connectivity index (χ1) is 13.4. The van der Waals surface area contributed by atoms with Gasteiger partial charge in [0.1, 0.15) is 11.5 Å². The number of likely N-dealkylation sites (tertiary alicyclic amines) is 1. The van der Waals surface area contributed by atoms with E-state index in [1.165, 1.54) is 12.8 Å². The van der Waals surface area contributed by atoms with Gasteiger partial charge < -0.3 is 14.7 Å². The summed E-state index contributed by atoms with van der Waals surface area (Å²) in [4.78, 5) is 31.1. The zero-order chi connectivity index (χ0) is 19.9. The topological polar surface area (TPSA) is 78.3 Å². The molecule has 2 aliphatic rings. The fourth-order valence-electron chi connectivity index (χ4n) is 4.68. The van der Waals surface area contributed by atoms with Gasteiger partial charge in [-0.05, 0) is 62.4 Å². The molecule has 1 unspecified atom stereocenters. The number of aromatic nitrogens is 1. The largest absolute Gasteiger partial charge is 0.468 e. The number of nitrogens with one attached hydrogen (secondary N) is 2. The van der Waals surface area contributed by atoms with Gasteiger partial charge in [0, 0.05) is 24.2 Å². The third kappa shape index (κ3) is 3.53. The van der Waals surface area contributed by atoms with Gasteiger partial charge in [0.25, 0.3) is 5.91 Å². The van der Waals surface area contributed by atoms with Crippen LogP contribution >= 0.6 is 0 Å². The quantitative estimate of drug-likeness (QED) is 0.826. The van der Waals surface area contributed by atoms with E-state index < -0.39 is 0 Å². The zero-order valence-electron chi connectivity index (χ0n) is 16.9. The van der Waals surface area contributed by atoms with Crippen molar-refractivity contribution >= 4 is 11.7 Å². The summed E-state index contributed by atoms with van der Waals surface area (Å²) in [7, 11) is 0. The summed E-state index contributed by atoms with van der Waals surface area (Å²) in [6.45, 7) is 8.56. The fourth-order valence-corrected chi connectivity index (χ4v) is 4.68. The van der Waals surface area contributed by atoms with E-state index >= 15 is 0 Å². The van der Waals surface area contributed by atoms with Crippen molar-refractivity contribution in [3.63, 3.8) is 0 Å². The second kappa shape index (κ2) is 7.24. The Hall–Kier alpha value is -2.34. The number of H-pyrrole nitrogens is 1. The predicted octanol–water partition coefficient (Wildman–Crippen LogP) is 3.64. The molecule has 1 fully saturated rings. The third-order valence-electron chi connectivity index (χ3n) is 6.04. The maximum absolute atomic E-state index is 12.9. The van der Waals surface area contributed by atoms with E-state index in [0.29, 0.717) is 24.2 Å². The maximum atomic E-state index is 12.9. The van der Waals surface area contributed by atoms with Crippen LogP contribution in [0.1, 0.15) is 77.0 Å². The van der Waals surface area contributed by atoms with E-state index in [4.69, 9.17) is 4.42 Å². The molecular weight excluding hydrogens is 354 g/mol. The minimum Gasteiger partial charge on any atom is -0.468 e. The first-order valence-electron chi connectivity index (χ1n) is 10.2. The van der Waals surface area contributed by atoms with Crippen LogP contribution in [0, 0.1) is 12.3 Å². The smallest absolute Gasteiger partial charge is 0.268 e. The van der Waals surface area contributed by atoms with Gasteiger partial charge in [0.15, 0.2) is 5.78 Å². The molecule has 1 saturated heterocycles. The molecule has 1 atom stereocenters. The summed E-state index contributed by atoms with van der Waals surface area (Å²) < 4.78 is 5.63. The Morgan fingerprint density at radius 1 is 1.32 bits per heavy atom. The molecule has 1 aliphatic heterocycles. The minimum absolute atomic E-state index is 0.0342. The molecule has 6 heteroatoms. The molecule has 0 bridgehead atoms. The molecule has 1 amide bonds.